The van der Waals surface area contributed by atoms with Crippen LogP contribution in [0.5, 0.6) is 0 Å². The minimum absolute atomic E-state index is 0.131. The van der Waals surface area contributed by atoms with Crippen molar-refractivity contribution in [3.63, 3.8) is 0 Å². The predicted octanol–water partition coefficient (Wildman–Crippen LogP) is 2.73. The summed E-state index contributed by atoms with van der Waals surface area (Å²) in [5.74, 6) is -0.461. The Morgan fingerprint density at radius 2 is 2.11 bits per heavy atom. The van der Waals surface area contributed by atoms with Gasteiger partial charge in [-0.2, -0.15) is 0 Å². The molecule has 19 heavy (non-hydrogen) atoms. The number of rotatable bonds is 2. The number of amides is 1. The molecular weight excluding hydrogens is 306 g/mol. The van der Waals surface area contributed by atoms with E-state index in [4.69, 9.17) is 11.6 Å². The summed E-state index contributed by atoms with van der Waals surface area (Å²) in [6, 6.07) is 3.13. The fourth-order valence-electron chi connectivity index (χ4n) is 1.85. The van der Waals surface area contributed by atoms with Gasteiger partial charge in [0, 0.05) is 9.92 Å². The van der Waals surface area contributed by atoms with Crippen LogP contribution in [0.15, 0.2) is 21.9 Å². The van der Waals surface area contributed by atoms with Gasteiger partial charge in [-0.05, 0) is 31.0 Å². The van der Waals surface area contributed by atoms with Crippen LogP contribution in [0.25, 0.3) is 0 Å². The van der Waals surface area contributed by atoms with Gasteiger partial charge in [0.05, 0.1) is 5.25 Å². The molecule has 1 N–H and O–H groups in total. The van der Waals surface area contributed by atoms with E-state index in [1.54, 1.807) is 13.0 Å². The zero-order chi connectivity index (χ0) is 14.2. The number of nitrogens with one attached hydrogen (secondary N) is 1. The van der Waals surface area contributed by atoms with E-state index in [2.05, 4.69) is 4.72 Å². The van der Waals surface area contributed by atoms with Gasteiger partial charge in [-0.1, -0.05) is 24.9 Å². The molecule has 0 spiro atoms. The van der Waals surface area contributed by atoms with Gasteiger partial charge in [0.15, 0.2) is 0 Å². The summed E-state index contributed by atoms with van der Waals surface area (Å²) in [6.45, 7) is 3.69. The number of halogens is 1. The number of sulfonamides is 1. The van der Waals surface area contributed by atoms with Crippen LogP contribution in [0.4, 0.5) is 0 Å². The van der Waals surface area contributed by atoms with Crippen molar-refractivity contribution in [3.8, 4) is 0 Å². The molecule has 0 aliphatic carbocycles. The van der Waals surface area contributed by atoms with Crippen LogP contribution in [0.2, 0.25) is 5.02 Å². The molecule has 1 aliphatic heterocycles. The highest BCUT2D eigenvalue weighted by Gasteiger charge is 2.32. The van der Waals surface area contributed by atoms with Crippen LogP contribution in [0.3, 0.4) is 0 Å². The van der Waals surface area contributed by atoms with Crippen LogP contribution in [0.1, 0.15) is 25.3 Å². The number of thioether (sulfide) groups is 1. The highest BCUT2D eigenvalue weighted by Crippen LogP contribution is 2.37. The highest BCUT2D eigenvalue weighted by molar-refractivity contribution is 8.02. The molecule has 1 aromatic carbocycles. The van der Waals surface area contributed by atoms with Crippen molar-refractivity contribution in [3.05, 3.63) is 22.7 Å². The topological polar surface area (TPSA) is 63.2 Å². The average Bonchev–Trinajstić information content (AvgIpc) is 2.39. The normalized spacial score (nSPS) is 21.4. The second kappa shape index (κ2) is 5.34. The van der Waals surface area contributed by atoms with E-state index in [0.29, 0.717) is 21.9 Å². The second-order valence-corrected chi connectivity index (χ2v) is 7.72. The summed E-state index contributed by atoms with van der Waals surface area (Å²) in [4.78, 5) is 12.6. The maximum absolute atomic E-state index is 12.1. The molecule has 7 heteroatoms. The van der Waals surface area contributed by atoms with E-state index in [1.807, 2.05) is 6.92 Å². The van der Waals surface area contributed by atoms with Crippen molar-refractivity contribution in [2.45, 2.75) is 41.7 Å². The molecule has 0 aromatic heterocycles. The third kappa shape index (κ3) is 2.90. The third-order valence-electron chi connectivity index (χ3n) is 2.86. The Morgan fingerprint density at radius 1 is 1.42 bits per heavy atom. The molecular formula is C12H14ClNO3S2. The molecule has 1 unspecified atom stereocenters. The van der Waals surface area contributed by atoms with Crippen LogP contribution in [-0.2, 0) is 14.8 Å². The molecule has 0 radical (unpaired) electrons. The molecule has 0 saturated carbocycles. The Labute approximate surface area is 122 Å². The lowest BCUT2D eigenvalue weighted by Crippen LogP contribution is -2.35. The number of fused-ring (bicyclic) bond motifs is 1. The maximum atomic E-state index is 12.1. The molecule has 1 heterocycles. The number of carbonyl (C=O) groups is 1. The van der Waals surface area contributed by atoms with Gasteiger partial charge in [0.2, 0.25) is 5.91 Å². The van der Waals surface area contributed by atoms with Gasteiger partial charge in [0.25, 0.3) is 10.0 Å². The monoisotopic (exact) mass is 319 g/mol. The average molecular weight is 320 g/mol. The quantitative estimate of drug-likeness (QED) is 0.910. The molecule has 1 atom stereocenters. The second-order valence-electron chi connectivity index (χ2n) is 4.41. The lowest BCUT2D eigenvalue weighted by atomic mass is 10.2. The lowest BCUT2D eigenvalue weighted by molar-refractivity contribution is -0.118. The van der Waals surface area contributed by atoms with Gasteiger partial charge in [-0.15, -0.1) is 11.8 Å². The first kappa shape index (κ1) is 14.7. The van der Waals surface area contributed by atoms with Crippen LogP contribution >= 0.6 is 23.4 Å². The van der Waals surface area contributed by atoms with E-state index in [9.17, 15) is 13.2 Å². The van der Waals surface area contributed by atoms with Gasteiger partial charge < -0.3 is 0 Å². The molecule has 0 fully saturated rings. The van der Waals surface area contributed by atoms with Crippen molar-refractivity contribution in [1.82, 2.24) is 4.72 Å². The summed E-state index contributed by atoms with van der Waals surface area (Å²) >= 11 is 7.30. The van der Waals surface area contributed by atoms with Crippen molar-refractivity contribution in [1.29, 1.82) is 0 Å². The minimum atomic E-state index is -3.80. The molecule has 1 amide bonds. The number of aryl methyl sites for hydroxylation is 1. The van der Waals surface area contributed by atoms with Gasteiger partial charge in [0.1, 0.15) is 4.90 Å². The Bertz CT molecular complexity index is 628. The molecule has 1 aromatic rings. The van der Waals surface area contributed by atoms with Crippen LogP contribution in [0, 0.1) is 6.92 Å². The Morgan fingerprint density at radius 3 is 2.74 bits per heavy atom. The van der Waals surface area contributed by atoms with Crippen molar-refractivity contribution < 1.29 is 13.2 Å². The predicted molar refractivity (Wildman–Crippen MR) is 76.1 cm³/mol. The lowest BCUT2D eigenvalue weighted by Gasteiger charge is -2.10. The first-order chi connectivity index (χ1) is 8.85. The Kier molecular flexibility index (Phi) is 4.13. The summed E-state index contributed by atoms with van der Waals surface area (Å²) in [5, 5.41) is 0.103. The van der Waals surface area contributed by atoms with Crippen LogP contribution in [-0.4, -0.2) is 19.6 Å². The summed E-state index contributed by atoms with van der Waals surface area (Å²) in [6.07, 6.45) is 1.43. The zero-order valence-corrected chi connectivity index (χ0v) is 13.0. The van der Waals surface area contributed by atoms with Gasteiger partial charge in [-0.25, -0.2) is 13.1 Å². The first-order valence-electron chi connectivity index (χ1n) is 5.88. The van der Waals surface area contributed by atoms with E-state index in [0.717, 1.165) is 6.42 Å². The van der Waals surface area contributed by atoms with E-state index in [1.165, 1.54) is 17.8 Å². The fraction of sp³-hybridized carbons (Fsp3) is 0.417. The summed E-state index contributed by atoms with van der Waals surface area (Å²) in [5.41, 5.74) is 0.674. The minimum Gasteiger partial charge on any atom is -0.273 e. The Hall–Kier alpha value is -0.720. The molecule has 104 valence electrons. The maximum Gasteiger partial charge on any atom is 0.265 e. The summed E-state index contributed by atoms with van der Waals surface area (Å²) < 4.78 is 26.4. The van der Waals surface area contributed by atoms with Crippen molar-refractivity contribution >= 4 is 39.3 Å². The van der Waals surface area contributed by atoms with E-state index < -0.39 is 21.2 Å². The van der Waals surface area contributed by atoms with Crippen molar-refractivity contribution in [2.24, 2.45) is 0 Å². The molecule has 1 aliphatic rings. The number of benzene rings is 1. The van der Waals surface area contributed by atoms with Gasteiger partial charge >= 0.3 is 0 Å². The van der Waals surface area contributed by atoms with E-state index >= 15 is 0 Å². The van der Waals surface area contributed by atoms with Gasteiger partial charge in [-0.3, -0.25) is 4.79 Å². The number of hydrogen-bond donors (Lipinski definition) is 1. The largest absolute Gasteiger partial charge is 0.273 e. The summed E-state index contributed by atoms with van der Waals surface area (Å²) in [7, 11) is -3.80. The fourth-order valence-corrected chi connectivity index (χ4v) is 4.99. The van der Waals surface area contributed by atoms with Crippen molar-refractivity contribution in [2.75, 3.05) is 0 Å². The standard InChI is InChI=1S/C12H14ClNO3S2/c1-3-4-9-12(15)14-19(16,17)11-5-7(2)8(13)6-10(11)18-9/h5-6,9H,3-4H2,1-2H3,(H,14,15). The van der Waals surface area contributed by atoms with E-state index in [-0.39, 0.29) is 4.90 Å². The zero-order valence-electron chi connectivity index (χ0n) is 10.6. The molecule has 0 bridgehead atoms. The highest BCUT2D eigenvalue weighted by atomic mass is 35.5. The van der Waals surface area contributed by atoms with Crippen LogP contribution < -0.4 is 4.72 Å². The first-order valence-corrected chi connectivity index (χ1v) is 8.62. The SMILES string of the molecule is CCCC1Sc2cc(Cl)c(C)cc2S(=O)(=O)NC1=O. The molecule has 4 nitrogen and oxygen atoms in total. The Balaban J connectivity index is 2.58. The third-order valence-corrected chi connectivity index (χ3v) is 6.11. The molecule has 2 rings (SSSR count). The smallest absolute Gasteiger partial charge is 0.265 e. The number of hydrogen-bond acceptors (Lipinski definition) is 4. The molecule has 0 saturated heterocycles. The number of carbonyl (C=O) groups excluding carboxylic acids is 1.